The predicted octanol–water partition coefficient (Wildman–Crippen LogP) is 2.90. The molecule has 0 aliphatic heterocycles. The van der Waals surface area contributed by atoms with Gasteiger partial charge in [0, 0.05) is 6.54 Å². The quantitative estimate of drug-likeness (QED) is 0.445. The van der Waals surface area contributed by atoms with Crippen molar-refractivity contribution in [3.63, 3.8) is 0 Å². The molecule has 0 aromatic heterocycles. The molecule has 6 nitrogen and oxygen atoms in total. The van der Waals surface area contributed by atoms with Crippen LogP contribution in [0.5, 0.6) is 5.75 Å². The third-order valence-electron chi connectivity index (χ3n) is 3.31. The van der Waals surface area contributed by atoms with Gasteiger partial charge in [-0.15, -0.1) is 0 Å². The molecule has 7 heteroatoms. The highest BCUT2D eigenvalue weighted by atomic mass is 35.5. The molecule has 26 heavy (non-hydrogen) atoms. The Labute approximate surface area is 157 Å². The van der Waals surface area contributed by atoms with Gasteiger partial charge in [0.1, 0.15) is 12.4 Å². The molecule has 136 valence electrons. The Balaban J connectivity index is 1.88. The number of halogens is 1. The summed E-state index contributed by atoms with van der Waals surface area (Å²) in [5.41, 5.74) is 3.87. The molecule has 0 heterocycles. The molecule has 0 unspecified atom stereocenters. The van der Waals surface area contributed by atoms with Crippen LogP contribution in [-0.2, 0) is 16.2 Å². The molecule has 0 fully saturated rings. The molecule has 2 aromatic rings. The number of carbonyl (C=O) groups is 2. The van der Waals surface area contributed by atoms with Crippen molar-refractivity contribution in [3.8, 4) is 5.75 Å². The molecule has 0 atom stereocenters. The van der Waals surface area contributed by atoms with Crippen LogP contribution in [-0.4, -0.2) is 24.6 Å². The van der Waals surface area contributed by atoms with Crippen molar-refractivity contribution in [1.29, 1.82) is 0 Å². The van der Waals surface area contributed by atoms with Gasteiger partial charge in [-0.2, -0.15) is 5.10 Å². The summed E-state index contributed by atoms with van der Waals surface area (Å²) in [5, 5.41) is 6.64. The van der Waals surface area contributed by atoms with Crippen LogP contribution in [0.4, 0.5) is 0 Å². The summed E-state index contributed by atoms with van der Waals surface area (Å²) in [6, 6.07) is 14.9. The largest absolute Gasteiger partial charge is 0.487 e. The minimum atomic E-state index is -0.816. The number of hydrogen-bond donors (Lipinski definition) is 2. The van der Waals surface area contributed by atoms with Gasteiger partial charge in [0.25, 0.3) is 0 Å². The van der Waals surface area contributed by atoms with Gasteiger partial charge in [0.15, 0.2) is 0 Å². The minimum absolute atomic E-state index is 0.414. The van der Waals surface area contributed by atoms with Crippen molar-refractivity contribution >= 4 is 29.6 Å². The first-order chi connectivity index (χ1) is 12.6. The van der Waals surface area contributed by atoms with E-state index in [0.717, 1.165) is 12.0 Å². The Bertz CT molecular complexity index is 779. The average Bonchev–Trinajstić information content (AvgIpc) is 2.66. The number of benzene rings is 2. The smallest absolute Gasteiger partial charge is 0.329 e. The second kappa shape index (κ2) is 10.2. The molecule has 0 bridgehead atoms. The van der Waals surface area contributed by atoms with Crippen molar-refractivity contribution in [3.05, 3.63) is 64.7 Å². The summed E-state index contributed by atoms with van der Waals surface area (Å²) in [4.78, 5) is 22.9. The average molecular weight is 374 g/mol. The van der Waals surface area contributed by atoms with E-state index in [2.05, 4.69) is 15.8 Å². The van der Waals surface area contributed by atoms with Gasteiger partial charge in [-0.25, -0.2) is 5.43 Å². The summed E-state index contributed by atoms with van der Waals surface area (Å²) in [6.07, 6.45) is 2.15. The highest BCUT2D eigenvalue weighted by Gasteiger charge is 2.10. The monoisotopic (exact) mass is 373 g/mol. The third-order valence-corrected chi connectivity index (χ3v) is 3.61. The lowest BCUT2D eigenvalue weighted by atomic mass is 10.2. The highest BCUT2D eigenvalue weighted by Crippen LogP contribution is 2.25. The van der Waals surface area contributed by atoms with Crippen molar-refractivity contribution in [2.75, 3.05) is 6.54 Å². The first kappa shape index (κ1) is 19.5. The second-order valence-electron chi connectivity index (χ2n) is 5.42. The number of ether oxygens (including phenoxy) is 1. The molecular formula is C19H20ClN3O3. The Kier molecular flexibility index (Phi) is 7.64. The summed E-state index contributed by atoms with van der Waals surface area (Å²) in [6.45, 7) is 2.75. The first-order valence-corrected chi connectivity index (χ1v) is 8.55. The van der Waals surface area contributed by atoms with Gasteiger partial charge in [-0.3, -0.25) is 9.59 Å². The molecule has 2 rings (SSSR count). The van der Waals surface area contributed by atoms with Crippen molar-refractivity contribution in [2.45, 2.75) is 20.0 Å². The van der Waals surface area contributed by atoms with Crippen LogP contribution in [0.25, 0.3) is 0 Å². The van der Waals surface area contributed by atoms with Crippen LogP contribution in [0, 0.1) is 0 Å². The Morgan fingerprint density at radius 1 is 1.15 bits per heavy atom. The van der Waals surface area contributed by atoms with E-state index in [1.54, 1.807) is 18.2 Å². The van der Waals surface area contributed by atoms with Gasteiger partial charge in [-0.05, 0) is 35.7 Å². The van der Waals surface area contributed by atoms with E-state index < -0.39 is 11.8 Å². The van der Waals surface area contributed by atoms with Crippen LogP contribution >= 0.6 is 11.6 Å². The third kappa shape index (κ3) is 6.22. The maximum atomic E-state index is 11.5. The molecule has 0 spiro atoms. The number of amides is 2. The fraction of sp³-hybridized carbons (Fsp3) is 0.211. The molecule has 0 saturated heterocycles. The second-order valence-corrected chi connectivity index (χ2v) is 5.83. The van der Waals surface area contributed by atoms with Crippen molar-refractivity contribution < 1.29 is 14.3 Å². The lowest BCUT2D eigenvalue weighted by molar-refractivity contribution is -0.139. The normalized spacial score (nSPS) is 10.5. The lowest BCUT2D eigenvalue weighted by Crippen LogP contribution is -2.38. The van der Waals surface area contributed by atoms with Crippen molar-refractivity contribution in [1.82, 2.24) is 10.7 Å². The fourth-order valence-electron chi connectivity index (χ4n) is 1.98. The first-order valence-electron chi connectivity index (χ1n) is 8.17. The van der Waals surface area contributed by atoms with Gasteiger partial charge >= 0.3 is 11.8 Å². The zero-order valence-electron chi connectivity index (χ0n) is 14.4. The van der Waals surface area contributed by atoms with E-state index in [1.807, 2.05) is 37.3 Å². The number of rotatable bonds is 7. The fourth-order valence-corrected chi connectivity index (χ4v) is 2.23. The number of nitrogens with one attached hydrogen (secondary N) is 2. The highest BCUT2D eigenvalue weighted by molar-refractivity contribution is 6.35. The van der Waals surface area contributed by atoms with Gasteiger partial charge in [0.2, 0.25) is 0 Å². The van der Waals surface area contributed by atoms with Gasteiger partial charge < -0.3 is 10.1 Å². The van der Waals surface area contributed by atoms with Gasteiger partial charge in [-0.1, -0.05) is 48.9 Å². The van der Waals surface area contributed by atoms with Crippen molar-refractivity contribution in [2.24, 2.45) is 5.10 Å². The summed E-state index contributed by atoms with van der Waals surface area (Å²) >= 11 is 6.21. The van der Waals surface area contributed by atoms with E-state index in [-0.39, 0.29) is 0 Å². The molecule has 2 aromatic carbocycles. The number of carbonyl (C=O) groups excluding carboxylic acids is 2. The maximum absolute atomic E-state index is 11.5. The summed E-state index contributed by atoms with van der Waals surface area (Å²) < 4.78 is 5.69. The zero-order chi connectivity index (χ0) is 18.8. The summed E-state index contributed by atoms with van der Waals surface area (Å²) in [5.74, 6) is -0.981. The number of nitrogens with zero attached hydrogens (tertiary/aromatic N) is 1. The van der Waals surface area contributed by atoms with E-state index in [1.165, 1.54) is 6.21 Å². The molecule has 0 radical (unpaired) electrons. The maximum Gasteiger partial charge on any atom is 0.329 e. The SMILES string of the molecule is CCCNC(=O)C(=O)N/N=C\c1ccc(OCc2ccccc2)c(Cl)c1. The van der Waals surface area contributed by atoms with Crippen LogP contribution in [0.15, 0.2) is 53.6 Å². The zero-order valence-corrected chi connectivity index (χ0v) is 15.1. The summed E-state index contributed by atoms with van der Waals surface area (Å²) in [7, 11) is 0. The molecule has 0 saturated carbocycles. The van der Waals surface area contributed by atoms with Gasteiger partial charge in [0.05, 0.1) is 11.2 Å². The Morgan fingerprint density at radius 3 is 2.62 bits per heavy atom. The van der Waals surface area contributed by atoms with Crippen LogP contribution in [0.2, 0.25) is 5.02 Å². The van der Waals surface area contributed by atoms with Crippen LogP contribution in [0.1, 0.15) is 24.5 Å². The van der Waals surface area contributed by atoms with Crippen LogP contribution < -0.4 is 15.5 Å². The topological polar surface area (TPSA) is 79.8 Å². The lowest BCUT2D eigenvalue weighted by Gasteiger charge is -2.08. The number of hydrazone groups is 1. The molecular weight excluding hydrogens is 354 g/mol. The molecule has 2 amide bonds. The van der Waals surface area contributed by atoms with E-state index in [0.29, 0.717) is 29.5 Å². The Morgan fingerprint density at radius 2 is 1.92 bits per heavy atom. The molecule has 2 N–H and O–H groups in total. The van der Waals surface area contributed by atoms with E-state index >= 15 is 0 Å². The predicted molar refractivity (Wildman–Crippen MR) is 101 cm³/mol. The molecule has 0 aliphatic carbocycles. The minimum Gasteiger partial charge on any atom is -0.487 e. The standard InChI is InChI=1S/C19H20ClN3O3/c1-2-10-21-18(24)19(25)23-22-12-15-8-9-17(16(20)11-15)26-13-14-6-4-3-5-7-14/h3-9,11-12H,2,10,13H2,1H3,(H,21,24)(H,23,25)/b22-12-. The van der Waals surface area contributed by atoms with E-state index in [9.17, 15) is 9.59 Å². The van der Waals surface area contributed by atoms with Crippen LogP contribution in [0.3, 0.4) is 0 Å². The number of hydrogen-bond acceptors (Lipinski definition) is 4. The van der Waals surface area contributed by atoms with E-state index in [4.69, 9.17) is 16.3 Å². The molecule has 0 aliphatic rings. The Hall–Kier alpha value is -2.86.